The predicted octanol–water partition coefficient (Wildman–Crippen LogP) is 3.07. The molecule has 23 nitrogen and oxygen atoms in total. The van der Waals surface area contributed by atoms with Crippen LogP contribution in [0.4, 0.5) is 0 Å². The quantitative estimate of drug-likeness (QED) is 0.0763. The number of hydrogen-bond donors (Lipinski definition) is 0. The molecule has 1 saturated heterocycles. The van der Waals surface area contributed by atoms with Crippen LogP contribution in [0.15, 0.2) is 110 Å². The molecule has 2 amide bonds. The van der Waals surface area contributed by atoms with Gasteiger partial charge in [-0.1, -0.05) is 0 Å². The molecule has 6 aromatic heterocycles. The number of imide groups is 1. The van der Waals surface area contributed by atoms with Gasteiger partial charge in [0.25, 0.3) is 11.8 Å². The Balaban J connectivity index is 0.000000369. The molecule has 376 valence electrons. The topological polar surface area (TPSA) is 370 Å². The summed E-state index contributed by atoms with van der Waals surface area (Å²) in [6.45, 7) is 2.00. The zero-order valence-electron chi connectivity index (χ0n) is 38.9. The first-order chi connectivity index (χ1) is 32.8. The van der Waals surface area contributed by atoms with E-state index < -0.39 is 81.3 Å². The molecule has 7 rings (SSSR count). The third-order valence-electron chi connectivity index (χ3n) is 9.24. The predicted molar refractivity (Wildman–Crippen MR) is 243 cm³/mol. The maximum atomic E-state index is 11.8. The Morgan fingerprint density at radius 3 is 1.10 bits per heavy atom. The molecule has 6 aromatic rings. The smallest absolute Gasteiger partial charge is 0.748 e. The Morgan fingerprint density at radius 1 is 0.507 bits per heavy atom. The number of amides is 2. The van der Waals surface area contributed by atoms with Crippen LogP contribution < -0.4 is 0 Å². The van der Waals surface area contributed by atoms with Gasteiger partial charge in [-0.3, -0.25) is 39.5 Å². The van der Waals surface area contributed by atoms with E-state index in [4.69, 9.17) is 4.84 Å². The SMILES string of the molecule is Cc1ccnc(-c2cc(CCCC(=O)ON3C(=O)CCC3=O)ccn2)c1.O=S(=O)([O-])Cc1ccnc(-c2cc(CS(=O)(=O)[O-])ccn2)c1.O=S(=O)([O-])Cc1ccnc(-c2cc(CS(=O)(=O)[O-])ccn2)c1.[H+].[H+].[Ru+2]. The van der Waals surface area contributed by atoms with Crippen LogP contribution in [0, 0.1) is 6.92 Å². The molecule has 1 fully saturated rings. The molecule has 0 unspecified atom stereocenters. The number of aryl methyl sites for hydroxylation is 2. The Kier molecular flexibility index (Phi) is 20.4. The molecular weight excluding hydrogens is 1100 g/mol. The Hall–Kier alpha value is -6.23. The minimum atomic E-state index is -4.43. The summed E-state index contributed by atoms with van der Waals surface area (Å²) in [4.78, 5) is 64.2. The van der Waals surface area contributed by atoms with E-state index >= 15 is 0 Å². The number of nitrogens with zero attached hydrogens (tertiary/aromatic N) is 7. The molecule has 0 N–H and O–H groups in total. The first-order valence-corrected chi connectivity index (χ1v) is 26.6. The van der Waals surface area contributed by atoms with E-state index in [1.54, 1.807) is 12.4 Å². The van der Waals surface area contributed by atoms with Gasteiger partial charge in [0.2, 0.25) is 0 Å². The van der Waals surface area contributed by atoms with Crippen molar-refractivity contribution in [3.05, 3.63) is 143 Å². The summed E-state index contributed by atoms with van der Waals surface area (Å²) in [5.41, 5.74) is 5.75. The van der Waals surface area contributed by atoms with Crippen LogP contribution >= 0.6 is 0 Å². The molecule has 0 spiro atoms. The summed E-state index contributed by atoms with van der Waals surface area (Å²) in [7, 11) is -17.7. The maximum absolute atomic E-state index is 11.8. The average molecular weight is 1140 g/mol. The molecule has 0 aromatic carbocycles. The van der Waals surface area contributed by atoms with Crippen molar-refractivity contribution in [1.82, 2.24) is 35.0 Å². The van der Waals surface area contributed by atoms with Crippen LogP contribution in [0.25, 0.3) is 34.2 Å². The van der Waals surface area contributed by atoms with E-state index in [1.807, 2.05) is 31.2 Å². The van der Waals surface area contributed by atoms with Crippen molar-refractivity contribution in [2.45, 2.75) is 62.0 Å². The third-order valence-corrected chi connectivity index (χ3v) is 12.0. The van der Waals surface area contributed by atoms with Gasteiger partial charge in [-0.25, -0.2) is 38.5 Å². The van der Waals surface area contributed by atoms with Gasteiger partial charge in [0.1, 0.15) is 0 Å². The fourth-order valence-electron chi connectivity index (χ4n) is 6.32. The zero-order chi connectivity index (χ0) is 51.3. The molecule has 0 saturated carbocycles. The number of rotatable bonds is 16. The van der Waals surface area contributed by atoms with E-state index in [0.29, 0.717) is 17.9 Å². The molecule has 0 aliphatic carbocycles. The average Bonchev–Trinajstić information content (AvgIpc) is 3.57. The fraction of sp³-hybridized carbons (Fsp3) is 0.233. The van der Waals surface area contributed by atoms with Gasteiger partial charge in [0.15, 0.2) is 0 Å². The van der Waals surface area contributed by atoms with E-state index in [0.717, 1.165) is 22.5 Å². The normalized spacial score (nSPS) is 12.7. The summed E-state index contributed by atoms with van der Waals surface area (Å²) in [5, 5.41) is 0.580. The van der Waals surface area contributed by atoms with Gasteiger partial charge < -0.3 is 23.0 Å². The van der Waals surface area contributed by atoms with E-state index in [2.05, 4.69) is 29.9 Å². The minimum Gasteiger partial charge on any atom is -0.748 e. The van der Waals surface area contributed by atoms with Crippen molar-refractivity contribution in [3.63, 3.8) is 0 Å². The number of pyridine rings is 6. The first-order valence-electron chi connectivity index (χ1n) is 20.3. The van der Waals surface area contributed by atoms with Gasteiger partial charge in [-0.15, -0.1) is 5.06 Å². The molecule has 71 heavy (non-hydrogen) atoms. The van der Waals surface area contributed by atoms with Crippen molar-refractivity contribution < 1.29 is 93.4 Å². The zero-order valence-corrected chi connectivity index (χ0v) is 41.9. The molecule has 0 atom stereocenters. The largest absolute Gasteiger partial charge is 2.00 e. The molecule has 7 heterocycles. The van der Waals surface area contributed by atoms with Crippen LogP contribution in [-0.2, 0) is 109 Å². The fourth-order valence-corrected chi connectivity index (χ4v) is 8.67. The molecule has 0 bridgehead atoms. The number of hydrogen-bond acceptors (Lipinski definition) is 22. The van der Waals surface area contributed by atoms with Gasteiger partial charge in [0, 0.05) is 56.4 Å². The van der Waals surface area contributed by atoms with Gasteiger partial charge in [-0.05, 0) is 126 Å². The Morgan fingerprint density at radius 2 is 0.789 bits per heavy atom. The van der Waals surface area contributed by atoms with Crippen molar-refractivity contribution in [2.24, 2.45) is 0 Å². The Labute approximate surface area is 423 Å². The standard InChI is InChI=1S/C19H19N3O4.2C12H12N2O6S2.Ru/c1-13-7-9-20-15(11-13)16-12-14(8-10-21-16)3-2-4-19(25)26-22-17(23)5-6-18(22)24;2*15-21(16,17)7-9-1-3-13-11(5-9)12-6-10(2-4-14-12)8-22(18,19)20;/h7-12H,2-6H2,1H3;2*1-6H,7-8H2,(H,15,16,17)(H,18,19,20);/q;;;+2/p-2. The number of hydroxylamine groups is 2. The maximum Gasteiger partial charge on any atom is 2.00 e. The molecule has 0 radical (unpaired) electrons. The number of aromatic nitrogens is 6. The number of carbonyl (C=O) groups excluding carboxylic acids is 3. The number of carbonyl (C=O) groups is 3. The second kappa shape index (κ2) is 25.2. The summed E-state index contributed by atoms with van der Waals surface area (Å²) in [6.07, 6.45) is 10.2. The minimum absolute atomic E-state index is 0. The van der Waals surface area contributed by atoms with E-state index in [9.17, 15) is 66.3 Å². The Bertz CT molecular complexity index is 3050. The summed E-state index contributed by atoms with van der Waals surface area (Å²) in [6, 6.07) is 18.7. The first kappa shape index (κ1) is 57.4. The summed E-state index contributed by atoms with van der Waals surface area (Å²) < 4.78 is 129. The molecule has 28 heteroatoms. The van der Waals surface area contributed by atoms with Gasteiger partial charge >= 0.3 is 28.3 Å². The van der Waals surface area contributed by atoms with Crippen LogP contribution in [0.1, 0.15) is 61.9 Å². The van der Waals surface area contributed by atoms with E-state index in [-0.39, 0.29) is 86.6 Å². The molecule has 1 aliphatic rings. The van der Waals surface area contributed by atoms with Crippen LogP contribution in [-0.4, -0.2) is 105 Å². The van der Waals surface area contributed by atoms with Crippen molar-refractivity contribution in [2.75, 3.05) is 0 Å². The summed E-state index contributed by atoms with van der Waals surface area (Å²) >= 11 is 0. The van der Waals surface area contributed by atoms with Crippen LogP contribution in [0.3, 0.4) is 0 Å². The second-order valence-electron chi connectivity index (χ2n) is 15.2. The second-order valence-corrected chi connectivity index (χ2v) is 20.8. The third kappa shape index (κ3) is 20.6. The van der Waals surface area contributed by atoms with Crippen molar-refractivity contribution in [3.8, 4) is 34.2 Å². The summed E-state index contributed by atoms with van der Waals surface area (Å²) in [5.74, 6) is -4.24. The van der Waals surface area contributed by atoms with Crippen molar-refractivity contribution >= 4 is 58.3 Å². The van der Waals surface area contributed by atoms with E-state index in [1.165, 1.54) is 73.3 Å². The van der Waals surface area contributed by atoms with Gasteiger partial charge in [0.05, 0.1) is 97.6 Å². The van der Waals surface area contributed by atoms with Crippen molar-refractivity contribution in [1.29, 1.82) is 0 Å². The molecule has 1 aliphatic heterocycles. The molecular formula is C43H41N7O16RuS4. The van der Waals surface area contributed by atoms with Crippen LogP contribution in [0.5, 0.6) is 0 Å². The van der Waals surface area contributed by atoms with Crippen LogP contribution in [0.2, 0.25) is 0 Å². The van der Waals surface area contributed by atoms with Gasteiger partial charge in [-0.2, -0.15) is 0 Å². The monoisotopic (exact) mass is 1140 g/mol.